The highest BCUT2D eigenvalue weighted by atomic mass is 16.6. The van der Waals surface area contributed by atoms with E-state index in [2.05, 4.69) is 0 Å². The molecule has 0 spiro atoms. The van der Waals surface area contributed by atoms with E-state index in [1.54, 1.807) is 12.1 Å². The topological polar surface area (TPSA) is 95.8 Å². The maximum Gasteiger partial charge on any atom is 0.207 e. The first-order valence-corrected chi connectivity index (χ1v) is 27.8. The van der Waals surface area contributed by atoms with Crippen LogP contribution in [0.1, 0.15) is 250 Å². The van der Waals surface area contributed by atoms with Crippen molar-refractivity contribution < 1.29 is 38.6 Å². The quantitative estimate of drug-likeness (QED) is 0.203. The first kappa shape index (κ1) is 49.7. The Morgan fingerprint density at radius 2 is 0.415 bits per heavy atom. The monoisotopic (exact) mass is 903 g/mol. The van der Waals surface area contributed by atoms with Gasteiger partial charge in [0.2, 0.25) is 23.0 Å². The van der Waals surface area contributed by atoms with Gasteiger partial charge < -0.3 is 38.6 Å². The van der Waals surface area contributed by atoms with Crippen LogP contribution in [0.25, 0.3) is 0 Å². The van der Waals surface area contributed by atoms with E-state index in [4.69, 9.17) is 28.4 Å². The predicted molar refractivity (Wildman–Crippen MR) is 263 cm³/mol. The number of aromatic hydroxyl groups is 2. The molecule has 6 saturated carbocycles. The Kier molecular flexibility index (Phi) is 21.6. The summed E-state index contributed by atoms with van der Waals surface area (Å²) in [5.41, 5.74) is 0. The van der Waals surface area contributed by atoms with E-state index >= 15 is 0 Å². The first-order chi connectivity index (χ1) is 32.1. The third-order valence-electron chi connectivity index (χ3n) is 15.4. The van der Waals surface area contributed by atoms with Gasteiger partial charge in [-0.15, -0.1) is 0 Å². The Hall–Kier alpha value is -3.16. The van der Waals surface area contributed by atoms with Crippen LogP contribution in [0.5, 0.6) is 46.0 Å². The lowest BCUT2D eigenvalue weighted by Crippen LogP contribution is -2.23. The highest BCUT2D eigenvalue weighted by Gasteiger charge is 2.29. The minimum Gasteiger partial charge on any atom is -0.504 e. The Morgan fingerprint density at radius 3 is 0.646 bits per heavy atom. The average molecular weight is 903 g/mol. The zero-order valence-electron chi connectivity index (χ0n) is 40.7. The minimum absolute atomic E-state index is 0.141. The first-order valence-electron chi connectivity index (χ1n) is 27.8. The highest BCUT2D eigenvalue weighted by molar-refractivity contribution is 5.59. The number of ether oxygens (including phenoxy) is 6. The summed E-state index contributed by atoms with van der Waals surface area (Å²) in [5.74, 6) is 4.26. The summed E-state index contributed by atoms with van der Waals surface area (Å²) in [6, 6.07) is 7.29. The molecule has 8 nitrogen and oxygen atoms in total. The van der Waals surface area contributed by atoms with E-state index < -0.39 is 0 Å². The average Bonchev–Trinajstić information content (AvgIpc) is 3.82. The van der Waals surface area contributed by atoms with Gasteiger partial charge >= 0.3 is 0 Å². The molecule has 0 heterocycles. The predicted octanol–water partition coefficient (Wildman–Crippen LogP) is 16.6. The van der Waals surface area contributed by atoms with Crippen LogP contribution in [0.3, 0.4) is 0 Å². The summed E-state index contributed by atoms with van der Waals surface area (Å²) in [4.78, 5) is 0. The molecule has 8 heteroatoms. The van der Waals surface area contributed by atoms with Crippen LogP contribution < -0.4 is 28.4 Å². The molecule has 2 aromatic carbocycles. The third-order valence-corrected chi connectivity index (χ3v) is 15.4. The van der Waals surface area contributed by atoms with E-state index in [-0.39, 0.29) is 48.1 Å². The second kappa shape index (κ2) is 28.2. The molecule has 0 aliphatic heterocycles. The summed E-state index contributed by atoms with van der Waals surface area (Å²) >= 11 is 0. The summed E-state index contributed by atoms with van der Waals surface area (Å²) in [7, 11) is 0. The molecule has 8 rings (SSSR count). The van der Waals surface area contributed by atoms with Crippen molar-refractivity contribution in [3.8, 4) is 46.0 Å². The highest BCUT2D eigenvalue weighted by Crippen LogP contribution is 2.49. The number of phenolic OH excluding ortho intramolecular Hbond substituents is 2. The zero-order valence-corrected chi connectivity index (χ0v) is 40.7. The van der Waals surface area contributed by atoms with E-state index in [9.17, 15) is 10.2 Å². The van der Waals surface area contributed by atoms with Crippen molar-refractivity contribution in [1.29, 1.82) is 0 Å². The van der Waals surface area contributed by atoms with Gasteiger partial charge in [-0.25, -0.2) is 0 Å². The standard InChI is InChI=1S/C30H48O4.C27H42O4/c31-27-22-23-28(32-24-16-10-4-1-5-11-17-24)30(34-26-20-14-8-3-9-15-21-26)29(27)33-25-18-12-6-2-7-13-19-25;28-24-19-20-25(29-21-13-7-1-2-8-14-21)27(31-23-17-11-5-6-12-18-23)26(24)30-22-15-9-3-4-10-16-22/h22-26,31H,1-21H2;19-23,28H,1-18H2. The lowest BCUT2D eigenvalue weighted by Gasteiger charge is -2.29. The molecule has 0 unspecified atom stereocenters. The molecule has 0 radical (unpaired) electrons. The van der Waals surface area contributed by atoms with Gasteiger partial charge in [-0.2, -0.15) is 0 Å². The second-order valence-corrected chi connectivity index (χ2v) is 20.9. The number of benzene rings is 2. The molecule has 0 saturated heterocycles. The number of rotatable bonds is 12. The molecule has 2 N–H and O–H groups in total. The molecule has 0 aromatic heterocycles. The van der Waals surface area contributed by atoms with E-state index in [0.29, 0.717) is 23.0 Å². The second-order valence-electron chi connectivity index (χ2n) is 20.9. The SMILES string of the molecule is Oc1ccc(OC2CCCCCC2)c(OC2CCCCCC2)c1OC1CCCCCC1.Oc1ccc(OC2CCCCCCC2)c(OC2CCCCCCC2)c1OC1CCCCCCC1. The lowest BCUT2D eigenvalue weighted by atomic mass is 9.98. The maximum absolute atomic E-state index is 10.9. The van der Waals surface area contributed by atoms with Gasteiger partial charge in [0.05, 0.1) is 36.6 Å². The van der Waals surface area contributed by atoms with E-state index in [0.717, 1.165) is 88.5 Å². The Balaban J connectivity index is 0.000000195. The number of phenols is 2. The molecule has 6 aliphatic carbocycles. The van der Waals surface area contributed by atoms with Crippen molar-refractivity contribution in [2.45, 2.75) is 287 Å². The molecule has 6 fully saturated rings. The largest absolute Gasteiger partial charge is 0.504 e. The van der Waals surface area contributed by atoms with Crippen LogP contribution in [-0.4, -0.2) is 46.8 Å². The fourth-order valence-corrected chi connectivity index (χ4v) is 11.4. The number of hydrogen-bond acceptors (Lipinski definition) is 8. The van der Waals surface area contributed by atoms with Crippen LogP contribution in [0.2, 0.25) is 0 Å². The number of hydrogen-bond donors (Lipinski definition) is 2. The maximum atomic E-state index is 10.9. The summed E-state index contributed by atoms with van der Waals surface area (Å²) in [5, 5.41) is 21.7. The zero-order chi connectivity index (χ0) is 44.7. The van der Waals surface area contributed by atoms with Crippen LogP contribution in [0, 0.1) is 0 Å². The van der Waals surface area contributed by atoms with Crippen molar-refractivity contribution in [3.63, 3.8) is 0 Å². The third kappa shape index (κ3) is 16.8. The summed E-state index contributed by atoms with van der Waals surface area (Å²) < 4.78 is 39.5. The van der Waals surface area contributed by atoms with Crippen molar-refractivity contribution in [2.75, 3.05) is 0 Å². The molecule has 366 valence electrons. The van der Waals surface area contributed by atoms with Gasteiger partial charge in [0.15, 0.2) is 23.0 Å². The Labute approximate surface area is 394 Å². The Bertz CT molecular complexity index is 1580. The summed E-state index contributed by atoms with van der Waals surface area (Å²) in [6.45, 7) is 0. The molecular weight excluding hydrogens is 813 g/mol. The summed E-state index contributed by atoms with van der Waals surface area (Å²) in [6.07, 6.45) is 48.0. The van der Waals surface area contributed by atoms with Crippen molar-refractivity contribution in [2.24, 2.45) is 0 Å². The van der Waals surface area contributed by atoms with Gasteiger partial charge in [-0.1, -0.05) is 96.3 Å². The van der Waals surface area contributed by atoms with Gasteiger partial charge in [0.1, 0.15) is 0 Å². The van der Waals surface area contributed by atoms with E-state index in [1.165, 1.54) is 173 Å². The van der Waals surface area contributed by atoms with Crippen molar-refractivity contribution >= 4 is 0 Å². The molecule has 0 bridgehead atoms. The van der Waals surface area contributed by atoms with Gasteiger partial charge in [0, 0.05) is 0 Å². The van der Waals surface area contributed by atoms with Crippen LogP contribution in [0.4, 0.5) is 0 Å². The van der Waals surface area contributed by atoms with Crippen LogP contribution >= 0.6 is 0 Å². The molecule has 0 atom stereocenters. The molecular formula is C57H90O8. The fraction of sp³-hybridized carbons (Fsp3) is 0.789. The van der Waals surface area contributed by atoms with Gasteiger partial charge in [-0.3, -0.25) is 0 Å². The van der Waals surface area contributed by atoms with Gasteiger partial charge in [0.25, 0.3) is 0 Å². The van der Waals surface area contributed by atoms with Crippen molar-refractivity contribution in [1.82, 2.24) is 0 Å². The molecule has 65 heavy (non-hydrogen) atoms. The molecule has 2 aromatic rings. The van der Waals surface area contributed by atoms with E-state index in [1.807, 2.05) is 12.1 Å². The lowest BCUT2D eigenvalue weighted by molar-refractivity contribution is 0.113. The normalized spacial score (nSPS) is 22.9. The van der Waals surface area contributed by atoms with Crippen LogP contribution in [-0.2, 0) is 0 Å². The van der Waals surface area contributed by atoms with Crippen LogP contribution in [0.15, 0.2) is 24.3 Å². The molecule has 6 aliphatic rings. The van der Waals surface area contributed by atoms with Crippen molar-refractivity contribution in [3.05, 3.63) is 24.3 Å². The Morgan fingerprint density at radius 1 is 0.231 bits per heavy atom. The van der Waals surface area contributed by atoms with Gasteiger partial charge in [-0.05, 0) is 178 Å². The molecule has 0 amide bonds. The minimum atomic E-state index is 0.141. The fourth-order valence-electron chi connectivity index (χ4n) is 11.4. The smallest absolute Gasteiger partial charge is 0.207 e.